The lowest BCUT2D eigenvalue weighted by Gasteiger charge is -2.56. The average Bonchev–Trinajstić information content (AvgIpc) is 3.32. The minimum absolute atomic E-state index is 0.00953. The molecule has 4 nitrogen and oxygen atoms in total. The van der Waals surface area contributed by atoms with Crippen LogP contribution in [0, 0.1) is 46.2 Å². The van der Waals surface area contributed by atoms with Crippen molar-refractivity contribution in [1.82, 2.24) is 9.78 Å². The minimum atomic E-state index is -0.242. The normalized spacial score (nSPS) is 39.0. The first-order valence-corrected chi connectivity index (χ1v) is 12.4. The van der Waals surface area contributed by atoms with E-state index < -0.39 is 0 Å². The van der Waals surface area contributed by atoms with Crippen LogP contribution < -0.4 is 5.73 Å². The van der Waals surface area contributed by atoms with Crippen molar-refractivity contribution in [1.29, 1.82) is 0 Å². The van der Waals surface area contributed by atoms with Crippen molar-refractivity contribution in [3.05, 3.63) is 47.5 Å². The number of nitrogens with zero attached hydrogens (tertiary/aromatic N) is 2. The van der Waals surface area contributed by atoms with Gasteiger partial charge in [0, 0.05) is 12.3 Å². The topological polar surface area (TPSA) is 64.1 Å². The Morgan fingerprint density at radius 2 is 1.84 bits per heavy atom. The molecule has 0 unspecified atom stereocenters. The predicted molar refractivity (Wildman–Crippen MR) is 125 cm³/mol. The molecule has 0 amide bonds. The van der Waals surface area contributed by atoms with Crippen LogP contribution in [0.5, 0.6) is 0 Å². The first-order valence-electron chi connectivity index (χ1n) is 12.4. The van der Waals surface area contributed by atoms with Crippen LogP contribution in [0.3, 0.4) is 0 Å². The summed E-state index contributed by atoms with van der Waals surface area (Å²) in [5.74, 6) is 2.44. The summed E-state index contributed by atoms with van der Waals surface area (Å²) in [6.07, 6.45) is 8.80. The van der Waals surface area contributed by atoms with Crippen LogP contribution in [0.15, 0.2) is 30.5 Å². The molecule has 1 heterocycles. The molecule has 0 radical (unpaired) electrons. The van der Waals surface area contributed by atoms with E-state index in [9.17, 15) is 9.50 Å². The summed E-state index contributed by atoms with van der Waals surface area (Å²) >= 11 is 0. The Bertz CT molecular complexity index is 972. The molecule has 3 N–H and O–H groups in total. The van der Waals surface area contributed by atoms with Gasteiger partial charge < -0.3 is 10.8 Å². The SMILES string of the molecule is C[C@H]1CC[C@H]2[C@H](CN)[C@@H]([C@@]3(C)Cc4cnn(-c5ccc(F)cc5)c4C[C@@H]3CO)CC[C@]12C. The number of hydrogen-bond acceptors (Lipinski definition) is 3. The van der Waals surface area contributed by atoms with Crippen LogP contribution in [-0.2, 0) is 12.8 Å². The first kappa shape index (κ1) is 22.1. The third kappa shape index (κ3) is 3.19. The second-order valence-corrected chi connectivity index (χ2v) is 11.4. The quantitative estimate of drug-likeness (QED) is 0.722. The van der Waals surface area contributed by atoms with Crippen LogP contribution in [0.25, 0.3) is 5.69 Å². The van der Waals surface area contributed by atoms with Crippen LogP contribution in [-0.4, -0.2) is 28.0 Å². The fourth-order valence-corrected chi connectivity index (χ4v) is 8.00. The van der Waals surface area contributed by atoms with Gasteiger partial charge in [0.1, 0.15) is 5.82 Å². The zero-order chi connectivity index (χ0) is 22.7. The second-order valence-electron chi connectivity index (χ2n) is 11.4. The monoisotopic (exact) mass is 439 g/mol. The van der Waals surface area contributed by atoms with Gasteiger partial charge in [-0.2, -0.15) is 5.10 Å². The highest BCUT2D eigenvalue weighted by Gasteiger charge is 2.57. The molecule has 0 aliphatic heterocycles. The molecule has 0 saturated heterocycles. The highest BCUT2D eigenvalue weighted by Crippen LogP contribution is 2.63. The Morgan fingerprint density at radius 3 is 2.53 bits per heavy atom. The summed E-state index contributed by atoms with van der Waals surface area (Å²) in [5, 5.41) is 15.2. The minimum Gasteiger partial charge on any atom is -0.396 e. The molecule has 5 rings (SSSR count). The molecule has 0 spiro atoms. The largest absolute Gasteiger partial charge is 0.396 e. The molecule has 5 heteroatoms. The molecule has 7 atom stereocenters. The number of benzene rings is 1. The molecule has 3 aliphatic carbocycles. The zero-order valence-corrected chi connectivity index (χ0v) is 19.7. The fraction of sp³-hybridized carbons (Fsp3) is 0.667. The van der Waals surface area contributed by atoms with Crippen molar-refractivity contribution in [3.8, 4) is 5.69 Å². The van der Waals surface area contributed by atoms with Gasteiger partial charge in [0.05, 0.1) is 11.9 Å². The van der Waals surface area contributed by atoms with E-state index in [0.29, 0.717) is 23.2 Å². The number of aliphatic hydroxyl groups is 1. The maximum absolute atomic E-state index is 13.4. The average molecular weight is 440 g/mol. The molecule has 3 aliphatic rings. The van der Waals surface area contributed by atoms with Crippen molar-refractivity contribution >= 4 is 0 Å². The molecule has 2 aromatic rings. The number of aliphatic hydroxyl groups excluding tert-OH is 1. The Balaban J connectivity index is 1.49. The van der Waals surface area contributed by atoms with Gasteiger partial charge in [-0.3, -0.25) is 0 Å². The fourth-order valence-electron chi connectivity index (χ4n) is 8.00. The van der Waals surface area contributed by atoms with Crippen molar-refractivity contribution in [2.75, 3.05) is 13.2 Å². The Hall–Kier alpha value is -1.72. The third-order valence-electron chi connectivity index (χ3n) is 10.2. The van der Waals surface area contributed by atoms with E-state index in [1.165, 1.54) is 43.4 Å². The van der Waals surface area contributed by atoms with E-state index in [1.807, 2.05) is 10.9 Å². The molecule has 2 saturated carbocycles. The van der Waals surface area contributed by atoms with Gasteiger partial charge in [0.15, 0.2) is 0 Å². The number of halogens is 1. The Morgan fingerprint density at radius 1 is 1.12 bits per heavy atom. The summed E-state index contributed by atoms with van der Waals surface area (Å²) in [4.78, 5) is 0. The number of nitrogens with two attached hydrogens (primary N) is 1. The van der Waals surface area contributed by atoms with Crippen molar-refractivity contribution in [2.24, 2.45) is 46.2 Å². The molecule has 0 bridgehead atoms. The van der Waals surface area contributed by atoms with Crippen molar-refractivity contribution < 1.29 is 9.50 Å². The molecule has 174 valence electrons. The van der Waals surface area contributed by atoms with E-state index in [0.717, 1.165) is 36.7 Å². The lowest BCUT2D eigenvalue weighted by Crippen LogP contribution is -2.53. The highest BCUT2D eigenvalue weighted by atomic mass is 19.1. The Labute approximate surface area is 191 Å². The number of hydrogen-bond donors (Lipinski definition) is 2. The Kier molecular flexibility index (Phi) is 5.49. The van der Waals surface area contributed by atoms with Crippen LogP contribution in [0.4, 0.5) is 4.39 Å². The van der Waals surface area contributed by atoms with Crippen LogP contribution >= 0.6 is 0 Å². The number of aromatic nitrogens is 2. The van der Waals surface area contributed by atoms with E-state index in [2.05, 4.69) is 25.9 Å². The lowest BCUT2D eigenvalue weighted by atomic mass is 9.49. The molecule has 1 aromatic carbocycles. The summed E-state index contributed by atoms with van der Waals surface area (Å²) in [5.41, 5.74) is 10.2. The molecule has 2 fully saturated rings. The van der Waals surface area contributed by atoms with Crippen molar-refractivity contribution in [3.63, 3.8) is 0 Å². The van der Waals surface area contributed by atoms with Gasteiger partial charge in [0.2, 0.25) is 0 Å². The van der Waals surface area contributed by atoms with Crippen LogP contribution in [0.1, 0.15) is 57.7 Å². The summed E-state index contributed by atoms with van der Waals surface area (Å²) in [7, 11) is 0. The van der Waals surface area contributed by atoms with Gasteiger partial charge in [-0.15, -0.1) is 0 Å². The molecular formula is C27H38FN3O. The smallest absolute Gasteiger partial charge is 0.123 e. The summed E-state index contributed by atoms with van der Waals surface area (Å²) < 4.78 is 15.4. The molecular weight excluding hydrogens is 401 g/mol. The summed E-state index contributed by atoms with van der Waals surface area (Å²) in [6, 6.07) is 6.51. The lowest BCUT2D eigenvalue weighted by molar-refractivity contribution is -0.0691. The van der Waals surface area contributed by atoms with E-state index in [-0.39, 0.29) is 23.8 Å². The highest BCUT2D eigenvalue weighted by molar-refractivity contribution is 5.37. The van der Waals surface area contributed by atoms with Gasteiger partial charge in [-0.05, 0) is 115 Å². The van der Waals surface area contributed by atoms with E-state index in [4.69, 9.17) is 5.73 Å². The maximum Gasteiger partial charge on any atom is 0.123 e. The van der Waals surface area contributed by atoms with Crippen molar-refractivity contribution in [2.45, 2.75) is 59.3 Å². The second kappa shape index (κ2) is 7.95. The van der Waals surface area contributed by atoms with Gasteiger partial charge in [0.25, 0.3) is 0 Å². The zero-order valence-electron chi connectivity index (χ0n) is 19.7. The number of rotatable bonds is 4. The standard InChI is InChI=1S/C27H38FN3O/c1-17-4-9-23-22(14-29)24(10-11-26(17,23)2)27(3)13-18-15-30-31(25(18)12-19(27)16-32)21-7-5-20(28)6-8-21/h5-8,15,17,19,22-24,32H,4,9-14,16,29H2,1-3H3/t17-,19+,22-,23-,24-,26+,27-/m0/s1. The van der Waals surface area contributed by atoms with E-state index >= 15 is 0 Å². The van der Waals surface area contributed by atoms with Gasteiger partial charge in [-0.1, -0.05) is 20.8 Å². The molecule has 1 aromatic heterocycles. The summed E-state index contributed by atoms with van der Waals surface area (Å²) in [6.45, 7) is 8.26. The predicted octanol–water partition coefficient (Wildman–Crippen LogP) is 4.76. The maximum atomic E-state index is 13.4. The van der Waals surface area contributed by atoms with Crippen LogP contribution in [0.2, 0.25) is 0 Å². The third-order valence-corrected chi connectivity index (χ3v) is 10.2. The molecule has 32 heavy (non-hydrogen) atoms. The number of fused-ring (bicyclic) bond motifs is 2. The van der Waals surface area contributed by atoms with Gasteiger partial charge in [-0.25, -0.2) is 9.07 Å². The first-order chi connectivity index (χ1) is 15.3. The van der Waals surface area contributed by atoms with Gasteiger partial charge >= 0.3 is 0 Å². The van der Waals surface area contributed by atoms with E-state index in [1.54, 1.807) is 12.1 Å².